The average Bonchev–Trinajstić information content (AvgIpc) is 2.64. The van der Waals surface area contributed by atoms with E-state index in [1.807, 2.05) is 77.8 Å². The van der Waals surface area contributed by atoms with Crippen LogP contribution in [-0.2, 0) is 0 Å². The fourth-order valence-corrected chi connectivity index (χ4v) is 2.21. The van der Waals surface area contributed by atoms with Crippen LogP contribution in [-0.4, -0.2) is 12.5 Å². The lowest BCUT2D eigenvalue weighted by molar-refractivity contribution is 0.112. The fourth-order valence-electron chi connectivity index (χ4n) is 2.21. The van der Waals surface area contributed by atoms with Gasteiger partial charge in [-0.05, 0) is 29.8 Å². The van der Waals surface area contributed by atoms with Crippen molar-refractivity contribution in [2.75, 3.05) is 5.01 Å². The molecule has 0 atom stereocenters. The lowest BCUT2D eigenvalue weighted by atomic mass is 10.2. The minimum atomic E-state index is 0.658. The van der Waals surface area contributed by atoms with Crippen molar-refractivity contribution in [1.29, 1.82) is 0 Å². The number of benzene rings is 3. The summed E-state index contributed by atoms with van der Waals surface area (Å²) in [6.07, 6.45) is 2.62. The van der Waals surface area contributed by atoms with Gasteiger partial charge in [0.15, 0.2) is 0 Å². The Morgan fingerprint density at radius 3 is 1.61 bits per heavy atom. The van der Waals surface area contributed by atoms with Crippen LogP contribution in [0.25, 0.3) is 0 Å². The molecule has 23 heavy (non-hydrogen) atoms. The molecule has 0 saturated carbocycles. The number of rotatable bonds is 5. The first kappa shape index (κ1) is 14.7. The average molecular weight is 300 g/mol. The van der Waals surface area contributed by atoms with Crippen LogP contribution in [0.2, 0.25) is 0 Å². The smallest absolute Gasteiger partial charge is 0.150 e. The third kappa shape index (κ3) is 3.71. The molecular weight excluding hydrogens is 284 g/mol. The van der Waals surface area contributed by atoms with Crippen LogP contribution in [0.1, 0.15) is 15.9 Å². The van der Waals surface area contributed by atoms with E-state index in [1.165, 1.54) is 0 Å². The minimum absolute atomic E-state index is 0.658. The van der Waals surface area contributed by atoms with Crippen molar-refractivity contribution < 1.29 is 4.79 Å². The number of hydrogen-bond acceptors (Lipinski definition) is 3. The van der Waals surface area contributed by atoms with Gasteiger partial charge in [0.2, 0.25) is 0 Å². The van der Waals surface area contributed by atoms with Crippen LogP contribution in [0.5, 0.6) is 0 Å². The first-order chi connectivity index (χ1) is 11.4. The van der Waals surface area contributed by atoms with Crippen molar-refractivity contribution in [2.45, 2.75) is 0 Å². The Hall–Kier alpha value is -3.20. The lowest BCUT2D eigenvalue weighted by Gasteiger charge is -2.19. The molecule has 3 nitrogen and oxygen atoms in total. The molecule has 3 rings (SSSR count). The van der Waals surface area contributed by atoms with Crippen molar-refractivity contribution in [1.82, 2.24) is 0 Å². The molecule has 0 N–H and O–H groups in total. The Bertz CT molecular complexity index is 741. The summed E-state index contributed by atoms with van der Waals surface area (Å²) in [5, 5.41) is 6.49. The number of carbonyl (C=O) groups excluding carboxylic acids is 1. The summed E-state index contributed by atoms with van der Waals surface area (Å²) < 4.78 is 0. The van der Waals surface area contributed by atoms with E-state index in [0.29, 0.717) is 5.56 Å². The molecule has 112 valence electrons. The zero-order valence-corrected chi connectivity index (χ0v) is 12.5. The van der Waals surface area contributed by atoms with Gasteiger partial charge in [0.05, 0.1) is 17.6 Å². The van der Waals surface area contributed by atoms with Crippen molar-refractivity contribution in [3.05, 3.63) is 96.1 Å². The SMILES string of the molecule is O=Cc1ccc(C=NN(c2ccccc2)c2ccccc2)cc1. The van der Waals surface area contributed by atoms with Gasteiger partial charge in [-0.1, -0.05) is 60.7 Å². The molecule has 0 fully saturated rings. The summed E-state index contributed by atoms with van der Waals surface area (Å²) in [7, 11) is 0. The molecule has 0 aliphatic heterocycles. The van der Waals surface area contributed by atoms with E-state index < -0.39 is 0 Å². The zero-order chi connectivity index (χ0) is 15.9. The minimum Gasteiger partial charge on any atom is -0.298 e. The molecule has 0 aromatic heterocycles. The highest BCUT2D eigenvalue weighted by Gasteiger charge is 2.06. The molecule has 3 aromatic rings. The van der Waals surface area contributed by atoms with Gasteiger partial charge in [0.25, 0.3) is 0 Å². The van der Waals surface area contributed by atoms with E-state index in [4.69, 9.17) is 0 Å². The van der Waals surface area contributed by atoms with Crippen LogP contribution in [0.15, 0.2) is 90.0 Å². The lowest BCUT2D eigenvalue weighted by Crippen LogP contribution is -2.09. The quantitative estimate of drug-likeness (QED) is 0.389. The van der Waals surface area contributed by atoms with E-state index in [9.17, 15) is 4.79 Å². The van der Waals surface area contributed by atoms with E-state index in [-0.39, 0.29) is 0 Å². The van der Waals surface area contributed by atoms with Crippen molar-refractivity contribution in [3.63, 3.8) is 0 Å². The van der Waals surface area contributed by atoms with Gasteiger partial charge >= 0.3 is 0 Å². The third-order valence-corrected chi connectivity index (χ3v) is 3.40. The van der Waals surface area contributed by atoms with Crippen LogP contribution >= 0.6 is 0 Å². The molecule has 0 bridgehead atoms. The molecule has 3 aromatic carbocycles. The summed E-state index contributed by atoms with van der Waals surface area (Å²) in [4.78, 5) is 10.7. The molecule has 0 aliphatic rings. The second kappa shape index (κ2) is 7.18. The van der Waals surface area contributed by atoms with Gasteiger partial charge < -0.3 is 0 Å². The highest BCUT2D eigenvalue weighted by atomic mass is 16.1. The van der Waals surface area contributed by atoms with Gasteiger partial charge in [0, 0.05) is 5.56 Å². The molecular formula is C20H16N2O. The summed E-state index contributed by atoms with van der Waals surface area (Å²) >= 11 is 0. The molecule has 0 aliphatic carbocycles. The number of para-hydroxylation sites is 2. The number of anilines is 2. The maximum Gasteiger partial charge on any atom is 0.150 e. The Morgan fingerprint density at radius 2 is 1.13 bits per heavy atom. The van der Waals surface area contributed by atoms with E-state index in [0.717, 1.165) is 23.2 Å². The monoisotopic (exact) mass is 300 g/mol. The summed E-state index contributed by atoms with van der Waals surface area (Å²) in [6.45, 7) is 0. The number of aldehydes is 1. The fraction of sp³-hybridized carbons (Fsp3) is 0. The van der Waals surface area contributed by atoms with Gasteiger partial charge in [-0.3, -0.25) is 4.79 Å². The number of nitrogens with zero attached hydrogens (tertiary/aromatic N) is 2. The summed E-state index contributed by atoms with van der Waals surface area (Å²) in [5.74, 6) is 0. The van der Waals surface area contributed by atoms with Crippen LogP contribution in [0, 0.1) is 0 Å². The third-order valence-electron chi connectivity index (χ3n) is 3.40. The topological polar surface area (TPSA) is 32.7 Å². The molecule has 0 spiro atoms. The number of carbonyl (C=O) groups is 1. The summed E-state index contributed by atoms with van der Waals surface area (Å²) in [5.41, 5.74) is 3.57. The maximum atomic E-state index is 10.7. The van der Waals surface area contributed by atoms with Crippen LogP contribution in [0.3, 0.4) is 0 Å². The Balaban J connectivity index is 1.92. The molecule has 0 saturated heterocycles. The predicted octanol–water partition coefficient (Wildman–Crippen LogP) is 4.67. The number of hydrogen-bond donors (Lipinski definition) is 0. The molecule has 0 heterocycles. The van der Waals surface area contributed by atoms with Crippen molar-refractivity contribution in [2.24, 2.45) is 5.10 Å². The standard InChI is InChI=1S/C20H16N2O/c23-16-18-13-11-17(12-14-18)15-21-22(19-7-3-1-4-8-19)20-9-5-2-6-10-20/h1-16H. The zero-order valence-electron chi connectivity index (χ0n) is 12.5. The second-order valence-electron chi connectivity index (χ2n) is 5.01. The highest BCUT2D eigenvalue weighted by molar-refractivity contribution is 5.83. The van der Waals surface area contributed by atoms with E-state index in [2.05, 4.69) is 5.10 Å². The second-order valence-corrected chi connectivity index (χ2v) is 5.01. The Kier molecular flexibility index (Phi) is 4.60. The first-order valence-corrected chi connectivity index (χ1v) is 7.36. The van der Waals surface area contributed by atoms with Gasteiger partial charge in [-0.15, -0.1) is 0 Å². The first-order valence-electron chi connectivity index (χ1n) is 7.36. The van der Waals surface area contributed by atoms with Gasteiger partial charge in [0.1, 0.15) is 6.29 Å². The van der Waals surface area contributed by atoms with Crippen LogP contribution in [0.4, 0.5) is 11.4 Å². The van der Waals surface area contributed by atoms with E-state index >= 15 is 0 Å². The molecule has 3 heteroatoms. The van der Waals surface area contributed by atoms with Gasteiger partial charge in [-0.2, -0.15) is 5.10 Å². The van der Waals surface area contributed by atoms with Crippen LogP contribution < -0.4 is 5.01 Å². The summed E-state index contributed by atoms with van der Waals surface area (Å²) in [6, 6.07) is 27.3. The predicted molar refractivity (Wildman–Crippen MR) is 94.4 cm³/mol. The van der Waals surface area contributed by atoms with Gasteiger partial charge in [-0.25, -0.2) is 5.01 Å². The highest BCUT2D eigenvalue weighted by Crippen LogP contribution is 2.25. The largest absolute Gasteiger partial charge is 0.298 e. The molecule has 0 unspecified atom stereocenters. The molecule has 0 radical (unpaired) electrons. The normalized spacial score (nSPS) is 10.6. The van der Waals surface area contributed by atoms with E-state index in [1.54, 1.807) is 18.3 Å². The maximum absolute atomic E-state index is 10.7. The van der Waals surface area contributed by atoms with Crippen molar-refractivity contribution >= 4 is 23.9 Å². The Morgan fingerprint density at radius 1 is 0.652 bits per heavy atom. The number of hydrazone groups is 1. The Labute approximate surface area is 135 Å². The molecule has 0 amide bonds. The van der Waals surface area contributed by atoms with Crippen molar-refractivity contribution in [3.8, 4) is 0 Å².